The molecule has 1 rings (SSSR count). The molecule has 92 valence electrons. The lowest BCUT2D eigenvalue weighted by Crippen LogP contribution is -2.33. The zero-order chi connectivity index (χ0) is 12.1. The van der Waals surface area contributed by atoms with Gasteiger partial charge < -0.3 is 14.9 Å². The summed E-state index contributed by atoms with van der Waals surface area (Å²) in [5.74, 6) is -0.0345. The van der Waals surface area contributed by atoms with Gasteiger partial charge in [0.05, 0.1) is 18.8 Å². The third kappa shape index (κ3) is 3.94. The third-order valence-electron chi connectivity index (χ3n) is 3.00. The topological polar surface area (TPSA) is 66.8 Å². The first-order valence-electron chi connectivity index (χ1n) is 5.69. The van der Waals surface area contributed by atoms with Crippen LogP contribution in [0, 0.1) is 5.92 Å². The van der Waals surface area contributed by atoms with Gasteiger partial charge in [0.1, 0.15) is 0 Å². The zero-order valence-electron chi connectivity index (χ0n) is 9.69. The molecule has 0 aliphatic heterocycles. The average molecular weight is 228 g/mol. The second-order valence-electron chi connectivity index (χ2n) is 4.52. The Morgan fingerprint density at radius 3 is 2.62 bits per heavy atom. The maximum absolute atomic E-state index is 11.1. The molecule has 0 radical (unpaired) electrons. The van der Waals surface area contributed by atoms with Crippen LogP contribution in [-0.2, 0) is 9.53 Å². The zero-order valence-corrected chi connectivity index (χ0v) is 9.69. The van der Waals surface area contributed by atoms with Gasteiger partial charge in [-0.25, -0.2) is 4.79 Å². The smallest absolute Gasteiger partial charge is 0.333 e. The van der Waals surface area contributed by atoms with Crippen molar-refractivity contribution in [2.75, 3.05) is 6.61 Å². The third-order valence-corrected chi connectivity index (χ3v) is 3.00. The van der Waals surface area contributed by atoms with Gasteiger partial charge in [0, 0.05) is 5.57 Å². The number of esters is 1. The van der Waals surface area contributed by atoms with Crippen LogP contribution in [0.2, 0.25) is 0 Å². The first-order valence-corrected chi connectivity index (χ1v) is 5.69. The van der Waals surface area contributed by atoms with Crippen LogP contribution in [0.5, 0.6) is 0 Å². The van der Waals surface area contributed by atoms with E-state index in [2.05, 4.69) is 6.58 Å². The van der Waals surface area contributed by atoms with E-state index in [1.54, 1.807) is 6.92 Å². The van der Waals surface area contributed by atoms with Gasteiger partial charge in [0.2, 0.25) is 0 Å². The molecule has 0 bridgehead atoms. The highest BCUT2D eigenvalue weighted by Crippen LogP contribution is 2.27. The largest absolute Gasteiger partial charge is 0.462 e. The van der Waals surface area contributed by atoms with Crippen molar-refractivity contribution in [3.8, 4) is 0 Å². The standard InChI is InChI=1S/C12H20O4/c1-8(2)12(15)16-6-5-9-3-4-10(13)11(14)7-9/h9-11,13-14H,1,3-7H2,2H3. The lowest BCUT2D eigenvalue weighted by molar-refractivity contribution is -0.139. The number of hydrogen-bond donors (Lipinski definition) is 2. The molecule has 16 heavy (non-hydrogen) atoms. The van der Waals surface area contributed by atoms with E-state index < -0.39 is 12.2 Å². The van der Waals surface area contributed by atoms with E-state index in [1.807, 2.05) is 0 Å². The second-order valence-corrected chi connectivity index (χ2v) is 4.52. The fourth-order valence-corrected chi connectivity index (χ4v) is 1.92. The van der Waals surface area contributed by atoms with E-state index >= 15 is 0 Å². The highest BCUT2D eigenvalue weighted by atomic mass is 16.5. The molecule has 0 aromatic rings. The fraction of sp³-hybridized carbons (Fsp3) is 0.750. The molecule has 1 aliphatic rings. The fourth-order valence-electron chi connectivity index (χ4n) is 1.92. The molecule has 0 spiro atoms. The van der Waals surface area contributed by atoms with Crippen molar-refractivity contribution in [2.45, 2.75) is 44.8 Å². The molecule has 4 nitrogen and oxygen atoms in total. The molecule has 0 aromatic heterocycles. The number of ether oxygens (including phenoxy) is 1. The van der Waals surface area contributed by atoms with Gasteiger partial charge in [-0.15, -0.1) is 0 Å². The summed E-state index contributed by atoms with van der Waals surface area (Å²) in [5.41, 5.74) is 0.402. The van der Waals surface area contributed by atoms with Gasteiger partial charge >= 0.3 is 5.97 Å². The van der Waals surface area contributed by atoms with Crippen LogP contribution in [0.3, 0.4) is 0 Å². The van der Waals surface area contributed by atoms with Crippen molar-refractivity contribution < 1.29 is 19.7 Å². The molecular formula is C12H20O4. The van der Waals surface area contributed by atoms with Crippen molar-refractivity contribution >= 4 is 5.97 Å². The van der Waals surface area contributed by atoms with E-state index in [0.717, 1.165) is 12.8 Å². The van der Waals surface area contributed by atoms with E-state index in [0.29, 0.717) is 30.9 Å². The van der Waals surface area contributed by atoms with Gasteiger partial charge in [-0.2, -0.15) is 0 Å². The number of carbonyl (C=O) groups excluding carboxylic acids is 1. The molecule has 3 atom stereocenters. The Balaban J connectivity index is 2.19. The van der Waals surface area contributed by atoms with E-state index in [1.165, 1.54) is 0 Å². The maximum Gasteiger partial charge on any atom is 0.333 e. The molecule has 0 aromatic carbocycles. The first kappa shape index (κ1) is 13.2. The van der Waals surface area contributed by atoms with Crippen molar-refractivity contribution in [3.05, 3.63) is 12.2 Å². The number of rotatable bonds is 4. The van der Waals surface area contributed by atoms with Crippen LogP contribution in [0.1, 0.15) is 32.6 Å². The number of hydrogen-bond acceptors (Lipinski definition) is 4. The van der Waals surface area contributed by atoms with Crippen molar-refractivity contribution in [1.82, 2.24) is 0 Å². The summed E-state index contributed by atoms with van der Waals surface area (Å²) < 4.78 is 4.99. The molecule has 0 amide bonds. The van der Waals surface area contributed by atoms with Crippen LogP contribution in [0.4, 0.5) is 0 Å². The summed E-state index contributed by atoms with van der Waals surface area (Å²) in [6.07, 6.45) is 1.61. The van der Waals surface area contributed by atoms with Gasteiger partial charge in [-0.1, -0.05) is 6.58 Å². The molecule has 4 heteroatoms. The molecule has 1 fully saturated rings. The van der Waals surface area contributed by atoms with E-state index in [9.17, 15) is 15.0 Å². The Hall–Kier alpha value is -0.870. The molecule has 0 saturated heterocycles. The Morgan fingerprint density at radius 2 is 2.06 bits per heavy atom. The quantitative estimate of drug-likeness (QED) is 0.557. The molecule has 3 unspecified atom stereocenters. The van der Waals surface area contributed by atoms with Crippen LogP contribution in [0.25, 0.3) is 0 Å². The number of aliphatic hydroxyl groups excluding tert-OH is 2. The van der Waals surface area contributed by atoms with Crippen LogP contribution in [-0.4, -0.2) is 35.0 Å². The Kier molecular flexibility index (Phi) is 4.96. The summed E-state index contributed by atoms with van der Waals surface area (Å²) in [7, 11) is 0. The van der Waals surface area contributed by atoms with Crippen LogP contribution in [0.15, 0.2) is 12.2 Å². The minimum atomic E-state index is -0.629. The van der Waals surface area contributed by atoms with Gasteiger partial charge in [0.15, 0.2) is 0 Å². The molecular weight excluding hydrogens is 208 g/mol. The van der Waals surface area contributed by atoms with Gasteiger partial charge in [-0.3, -0.25) is 0 Å². The SMILES string of the molecule is C=C(C)C(=O)OCCC1CCC(O)C(O)C1. The second kappa shape index (κ2) is 6.01. The summed E-state index contributed by atoms with van der Waals surface area (Å²) in [6, 6.07) is 0. The van der Waals surface area contributed by atoms with Crippen LogP contribution >= 0.6 is 0 Å². The summed E-state index contributed by atoms with van der Waals surface area (Å²) in [6.45, 7) is 5.47. The van der Waals surface area contributed by atoms with Gasteiger partial charge in [-0.05, 0) is 38.5 Å². The predicted molar refractivity (Wildman–Crippen MR) is 59.7 cm³/mol. The number of carbonyl (C=O) groups is 1. The minimum Gasteiger partial charge on any atom is -0.462 e. The monoisotopic (exact) mass is 228 g/mol. The maximum atomic E-state index is 11.1. The van der Waals surface area contributed by atoms with Crippen molar-refractivity contribution in [3.63, 3.8) is 0 Å². The highest BCUT2D eigenvalue weighted by Gasteiger charge is 2.27. The Labute approximate surface area is 95.9 Å². The van der Waals surface area contributed by atoms with Crippen molar-refractivity contribution in [2.24, 2.45) is 5.92 Å². The van der Waals surface area contributed by atoms with E-state index in [-0.39, 0.29) is 5.97 Å². The molecule has 0 heterocycles. The highest BCUT2D eigenvalue weighted by molar-refractivity contribution is 5.86. The van der Waals surface area contributed by atoms with Gasteiger partial charge in [0.25, 0.3) is 0 Å². The Bertz CT molecular complexity index is 262. The summed E-state index contributed by atoms with van der Waals surface area (Å²) >= 11 is 0. The summed E-state index contributed by atoms with van der Waals surface area (Å²) in [4.78, 5) is 11.1. The minimum absolute atomic E-state index is 0.330. The molecule has 1 saturated carbocycles. The average Bonchev–Trinajstić information content (AvgIpc) is 2.23. The van der Waals surface area contributed by atoms with Crippen molar-refractivity contribution in [1.29, 1.82) is 0 Å². The Morgan fingerprint density at radius 1 is 1.38 bits per heavy atom. The molecule has 1 aliphatic carbocycles. The van der Waals surface area contributed by atoms with E-state index in [4.69, 9.17) is 4.74 Å². The summed E-state index contributed by atoms with van der Waals surface area (Å²) in [5, 5.41) is 18.8. The number of aliphatic hydroxyl groups is 2. The lowest BCUT2D eigenvalue weighted by atomic mass is 9.84. The predicted octanol–water partition coefficient (Wildman–Crippen LogP) is 1.02. The normalized spacial score (nSPS) is 29.8. The van der Waals surface area contributed by atoms with Crippen LogP contribution < -0.4 is 0 Å². The molecule has 2 N–H and O–H groups in total. The lowest BCUT2D eigenvalue weighted by Gasteiger charge is -2.29. The first-order chi connectivity index (χ1) is 7.50.